The molecule has 0 fully saturated rings. The normalized spacial score (nSPS) is 10.7. The van der Waals surface area contributed by atoms with Crippen molar-refractivity contribution in [3.8, 4) is 11.3 Å². The Bertz CT molecular complexity index is 930. The van der Waals surface area contributed by atoms with E-state index < -0.39 is 0 Å². The molecular weight excluding hydrogens is 372 g/mol. The van der Waals surface area contributed by atoms with Crippen LogP contribution in [-0.4, -0.2) is 42.1 Å². The average Bonchev–Trinajstić information content (AvgIpc) is 2.68. The summed E-state index contributed by atoms with van der Waals surface area (Å²) >= 11 is 6.06. The van der Waals surface area contributed by atoms with E-state index in [-0.39, 0.29) is 0 Å². The molecule has 0 amide bonds. The maximum absolute atomic E-state index is 6.06. The predicted molar refractivity (Wildman–Crippen MR) is 117 cm³/mol. The summed E-state index contributed by atoms with van der Waals surface area (Å²) in [5, 5.41) is 7.05. The first-order chi connectivity index (χ1) is 13.6. The quantitative estimate of drug-likeness (QED) is 0.554. The summed E-state index contributed by atoms with van der Waals surface area (Å²) in [4.78, 5) is 15.8. The molecule has 0 saturated heterocycles. The van der Waals surface area contributed by atoms with Crippen LogP contribution in [0.1, 0.15) is 12.0 Å². The van der Waals surface area contributed by atoms with Crippen LogP contribution in [0, 0.1) is 6.92 Å². The van der Waals surface area contributed by atoms with Crippen molar-refractivity contribution >= 4 is 29.1 Å². The van der Waals surface area contributed by atoms with E-state index in [0.29, 0.717) is 11.0 Å². The molecule has 0 atom stereocenters. The van der Waals surface area contributed by atoms with E-state index in [9.17, 15) is 0 Å². The number of pyridine rings is 1. The molecule has 1 aromatic carbocycles. The summed E-state index contributed by atoms with van der Waals surface area (Å²) in [5.74, 6) is 1.50. The monoisotopic (exact) mass is 396 g/mol. The van der Waals surface area contributed by atoms with Crippen molar-refractivity contribution in [1.82, 2.24) is 20.3 Å². The highest BCUT2D eigenvalue weighted by Gasteiger charge is 2.13. The first-order valence-corrected chi connectivity index (χ1v) is 9.63. The van der Waals surface area contributed by atoms with Crippen LogP contribution >= 0.6 is 11.6 Å². The first kappa shape index (κ1) is 20.0. The van der Waals surface area contributed by atoms with Crippen LogP contribution in [0.15, 0.2) is 48.8 Å². The number of nitrogens with zero attached hydrogens (tertiary/aromatic N) is 4. The highest BCUT2D eigenvalue weighted by molar-refractivity contribution is 6.30. The minimum Gasteiger partial charge on any atom is -0.359 e. The molecule has 0 aliphatic heterocycles. The molecule has 7 heteroatoms. The van der Waals surface area contributed by atoms with Crippen molar-refractivity contribution < 1.29 is 0 Å². The van der Waals surface area contributed by atoms with Crippen LogP contribution in [0.25, 0.3) is 11.3 Å². The Morgan fingerprint density at radius 1 is 1.11 bits per heavy atom. The second-order valence-electron chi connectivity index (χ2n) is 6.59. The average molecular weight is 397 g/mol. The number of aromatic nitrogens is 3. The van der Waals surface area contributed by atoms with Crippen molar-refractivity contribution in [2.45, 2.75) is 13.3 Å². The summed E-state index contributed by atoms with van der Waals surface area (Å²) in [7, 11) is 4.04. The smallest absolute Gasteiger partial charge is 0.227 e. The van der Waals surface area contributed by atoms with Crippen molar-refractivity contribution in [1.29, 1.82) is 0 Å². The van der Waals surface area contributed by atoms with Crippen molar-refractivity contribution in [2.24, 2.45) is 0 Å². The second kappa shape index (κ2) is 9.48. The van der Waals surface area contributed by atoms with E-state index >= 15 is 0 Å². The highest BCUT2D eigenvalue weighted by Crippen LogP contribution is 2.28. The minimum atomic E-state index is 0.528. The van der Waals surface area contributed by atoms with Gasteiger partial charge < -0.3 is 15.5 Å². The summed E-state index contributed by atoms with van der Waals surface area (Å²) in [6.07, 6.45) is 4.64. The third-order valence-corrected chi connectivity index (χ3v) is 4.71. The molecular formula is C21H25ClN6. The molecule has 0 radical (unpaired) electrons. The molecule has 0 aliphatic rings. The molecule has 6 nitrogen and oxygen atoms in total. The number of hydrogen-bond donors (Lipinski definition) is 2. The van der Waals surface area contributed by atoms with Crippen LogP contribution in [0.5, 0.6) is 0 Å². The molecule has 0 bridgehead atoms. The van der Waals surface area contributed by atoms with Crippen LogP contribution in [0.4, 0.5) is 17.5 Å². The number of hydrogen-bond acceptors (Lipinski definition) is 6. The van der Waals surface area contributed by atoms with E-state index in [2.05, 4.69) is 44.5 Å². The summed E-state index contributed by atoms with van der Waals surface area (Å²) in [6, 6.07) is 11.4. The van der Waals surface area contributed by atoms with Gasteiger partial charge in [0.2, 0.25) is 5.95 Å². The van der Waals surface area contributed by atoms with Crippen molar-refractivity contribution in [3.05, 3.63) is 59.4 Å². The summed E-state index contributed by atoms with van der Waals surface area (Å²) < 4.78 is 0. The van der Waals surface area contributed by atoms with Gasteiger partial charge in [-0.3, -0.25) is 0 Å². The molecule has 0 unspecified atom stereocenters. The zero-order chi connectivity index (χ0) is 19.9. The third kappa shape index (κ3) is 4.97. The van der Waals surface area contributed by atoms with Gasteiger partial charge in [0.25, 0.3) is 0 Å². The molecule has 28 heavy (non-hydrogen) atoms. The molecule has 146 valence electrons. The van der Waals surface area contributed by atoms with Gasteiger partial charge in [0.1, 0.15) is 5.82 Å². The van der Waals surface area contributed by atoms with Crippen molar-refractivity contribution in [2.75, 3.05) is 37.4 Å². The van der Waals surface area contributed by atoms with Gasteiger partial charge in [0.05, 0.1) is 5.69 Å². The lowest BCUT2D eigenvalue weighted by Crippen LogP contribution is -2.24. The molecule has 2 N–H and O–H groups in total. The van der Waals surface area contributed by atoms with E-state index in [1.807, 2.05) is 49.6 Å². The lowest BCUT2D eigenvalue weighted by Gasteiger charge is -2.21. The van der Waals surface area contributed by atoms with Crippen LogP contribution in [-0.2, 0) is 0 Å². The largest absolute Gasteiger partial charge is 0.359 e. The Labute approximate surface area is 171 Å². The maximum atomic E-state index is 6.06. The number of anilines is 3. The fourth-order valence-corrected chi connectivity index (χ4v) is 3.24. The van der Waals surface area contributed by atoms with E-state index in [0.717, 1.165) is 47.8 Å². The molecule has 0 spiro atoms. The van der Waals surface area contributed by atoms with E-state index in [1.54, 1.807) is 6.20 Å². The van der Waals surface area contributed by atoms with E-state index in [4.69, 9.17) is 11.6 Å². The Balaban J connectivity index is 1.84. The Morgan fingerprint density at radius 3 is 2.71 bits per heavy atom. The number of benzene rings is 1. The van der Waals surface area contributed by atoms with Crippen LogP contribution in [0.3, 0.4) is 0 Å². The third-order valence-electron chi connectivity index (χ3n) is 4.47. The Morgan fingerprint density at radius 2 is 1.93 bits per heavy atom. The SMILES string of the molecule is CNCCCN(C)c1nccc(-c2ccnc(Nc3cccc(Cl)c3)n2)c1C. The lowest BCUT2D eigenvalue weighted by atomic mass is 10.1. The molecule has 2 aromatic heterocycles. The van der Waals surface area contributed by atoms with Crippen LogP contribution < -0.4 is 15.5 Å². The number of halogens is 1. The Hall–Kier alpha value is -2.70. The van der Waals surface area contributed by atoms with Gasteiger partial charge >= 0.3 is 0 Å². The number of rotatable bonds is 8. The summed E-state index contributed by atoms with van der Waals surface area (Å²) in [5.41, 5.74) is 3.84. The van der Waals surface area contributed by atoms with Gasteiger partial charge in [-0.05, 0) is 57.3 Å². The summed E-state index contributed by atoms with van der Waals surface area (Å²) in [6.45, 7) is 4.00. The molecule has 2 heterocycles. The van der Waals surface area contributed by atoms with E-state index in [1.165, 1.54) is 0 Å². The predicted octanol–water partition coefficient (Wildman–Crippen LogP) is 4.29. The van der Waals surface area contributed by atoms with Gasteiger partial charge in [-0.1, -0.05) is 17.7 Å². The zero-order valence-electron chi connectivity index (χ0n) is 16.4. The van der Waals surface area contributed by atoms with Gasteiger partial charge in [-0.15, -0.1) is 0 Å². The Kier molecular flexibility index (Phi) is 6.79. The van der Waals surface area contributed by atoms with Crippen molar-refractivity contribution in [3.63, 3.8) is 0 Å². The topological polar surface area (TPSA) is 66.0 Å². The molecule has 3 aromatic rings. The zero-order valence-corrected chi connectivity index (χ0v) is 17.2. The standard InChI is InChI=1S/C21H25ClN6/c1-15-18(8-11-24-20(15)28(3)13-5-10-23-2)19-9-12-25-21(27-19)26-17-7-4-6-16(22)14-17/h4,6-9,11-12,14,23H,5,10,13H2,1-3H3,(H,25,26,27). The molecule has 0 aliphatic carbocycles. The fraction of sp³-hybridized carbons (Fsp3) is 0.286. The van der Waals surface area contributed by atoms with Gasteiger partial charge in [0.15, 0.2) is 0 Å². The minimum absolute atomic E-state index is 0.528. The van der Waals surface area contributed by atoms with Gasteiger partial charge in [-0.25, -0.2) is 15.0 Å². The van der Waals surface area contributed by atoms with Gasteiger partial charge in [0, 0.05) is 47.8 Å². The van der Waals surface area contributed by atoms with Crippen LogP contribution in [0.2, 0.25) is 5.02 Å². The van der Waals surface area contributed by atoms with Gasteiger partial charge in [-0.2, -0.15) is 0 Å². The highest BCUT2D eigenvalue weighted by atomic mass is 35.5. The lowest BCUT2D eigenvalue weighted by molar-refractivity contribution is 0.708. The molecule has 3 rings (SSSR count). The fourth-order valence-electron chi connectivity index (χ4n) is 3.05. The second-order valence-corrected chi connectivity index (χ2v) is 7.02. The number of nitrogens with one attached hydrogen (secondary N) is 2. The molecule has 0 saturated carbocycles. The maximum Gasteiger partial charge on any atom is 0.227 e. The first-order valence-electron chi connectivity index (χ1n) is 9.26.